The van der Waals surface area contributed by atoms with Crippen LogP contribution in [0.5, 0.6) is 0 Å². The molecule has 9 heavy (non-hydrogen) atoms. The molecule has 2 rings (SSSR count). The van der Waals surface area contributed by atoms with Crippen LogP contribution in [0.3, 0.4) is 0 Å². The van der Waals surface area contributed by atoms with Gasteiger partial charge in [0.15, 0.2) is 0 Å². The number of fused-ring (bicyclic) bond motifs is 2. The molecule has 0 N–H and O–H groups in total. The Morgan fingerprint density at radius 1 is 1.44 bits per heavy atom. The Balaban J connectivity index is 2.01. The van der Waals surface area contributed by atoms with E-state index >= 15 is 0 Å². The summed E-state index contributed by atoms with van der Waals surface area (Å²) in [4.78, 5) is 0. The average molecular weight is 125 g/mol. The SMILES string of the molecule is CO[C@H]1[CH]C2CCC1C2. The van der Waals surface area contributed by atoms with Gasteiger partial charge in [0.25, 0.3) is 0 Å². The normalized spacial score (nSPS) is 48.3. The van der Waals surface area contributed by atoms with Crippen LogP contribution in [0.4, 0.5) is 0 Å². The summed E-state index contributed by atoms with van der Waals surface area (Å²) < 4.78 is 5.29. The van der Waals surface area contributed by atoms with E-state index in [1.807, 2.05) is 7.11 Å². The maximum absolute atomic E-state index is 5.29. The number of hydrogen-bond donors (Lipinski definition) is 0. The molecule has 3 atom stereocenters. The third-order valence-corrected chi connectivity index (χ3v) is 2.71. The number of methoxy groups -OCH3 is 1. The minimum absolute atomic E-state index is 0.503. The van der Waals surface area contributed by atoms with Gasteiger partial charge in [-0.15, -0.1) is 0 Å². The van der Waals surface area contributed by atoms with E-state index in [-0.39, 0.29) is 0 Å². The third-order valence-electron chi connectivity index (χ3n) is 2.71. The van der Waals surface area contributed by atoms with Gasteiger partial charge in [-0.25, -0.2) is 0 Å². The van der Waals surface area contributed by atoms with Crippen LogP contribution in [0, 0.1) is 18.3 Å². The minimum Gasteiger partial charge on any atom is -0.381 e. The quantitative estimate of drug-likeness (QED) is 0.517. The Hall–Kier alpha value is -0.0400. The Bertz CT molecular complexity index is 111. The molecule has 0 aromatic rings. The van der Waals surface area contributed by atoms with Crippen LogP contribution in [-0.4, -0.2) is 13.2 Å². The second-order valence-electron chi connectivity index (χ2n) is 3.23. The van der Waals surface area contributed by atoms with Crippen LogP contribution in [-0.2, 0) is 4.74 Å². The lowest BCUT2D eigenvalue weighted by Crippen LogP contribution is -2.18. The molecule has 1 radical (unpaired) electrons. The summed E-state index contributed by atoms with van der Waals surface area (Å²) in [6.07, 6.45) is 7.11. The van der Waals surface area contributed by atoms with Crippen molar-refractivity contribution in [2.75, 3.05) is 7.11 Å². The first kappa shape index (κ1) is 5.72. The molecule has 0 aromatic heterocycles. The summed E-state index contributed by atoms with van der Waals surface area (Å²) in [5, 5.41) is 0. The monoisotopic (exact) mass is 125 g/mol. The predicted octanol–water partition coefficient (Wildman–Crippen LogP) is 1.64. The van der Waals surface area contributed by atoms with Crippen molar-refractivity contribution in [3.63, 3.8) is 0 Å². The average Bonchev–Trinajstić information content (AvgIpc) is 2.45. The standard InChI is InChI=1S/C8H13O/c1-9-8-5-6-2-3-7(8)4-6/h5-8H,2-4H2,1H3/t6?,7?,8-/m0/s1. The van der Waals surface area contributed by atoms with Crippen LogP contribution in [0.2, 0.25) is 0 Å². The molecule has 1 heteroatoms. The molecule has 2 fully saturated rings. The Morgan fingerprint density at radius 3 is 2.67 bits per heavy atom. The number of hydrogen-bond acceptors (Lipinski definition) is 1. The highest BCUT2D eigenvalue weighted by Crippen LogP contribution is 2.44. The van der Waals surface area contributed by atoms with Crippen molar-refractivity contribution >= 4 is 0 Å². The van der Waals surface area contributed by atoms with Crippen molar-refractivity contribution in [3.05, 3.63) is 6.42 Å². The van der Waals surface area contributed by atoms with Crippen molar-refractivity contribution in [2.45, 2.75) is 25.4 Å². The predicted molar refractivity (Wildman–Crippen MR) is 35.9 cm³/mol. The molecule has 0 aliphatic heterocycles. The fourth-order valence-electron chi connectivity index (χ4n) is 2.22. The Labute approximate surface area is 56.4 Å². The van der Waals surface area contributed by atoms with Gasteiger partial charge in [-0.05, 0) is 37.5 Å². The number of ether oxygens (including phenoxy) is 1. The summed E-state index contributed by atoms with van der Waals surface area (Å²) in [5.74, 6) is 1.78. The van der Waals surface area contributed by atoms with Gasteiger partial charge in [-0.3, -0.25) is 0 Å². The van der Waals surface area contributed by atoms with Crippen LogP contribution >= 0.6 is 0 Å². The lowest BCUT2D eigenvalue weighted by Gasteiger charge is -2.18. The van der Waals surface area contributed by atoms with E-state index in [4.69, 9.17) is 4.74 Å². The Kier molecular flexibility index (Phi) is 1.26. The highest BCUT2D eigenvalue weighted by atomic mass is 16.5. The third kappa shape index (κ3) is 0.787. The first-order valence-corrected chi connectivity index (χ1v) is 3.78. The molecule has 2 bridgehead atoms. The molecule has 0 heterocycles. The zero-order chi connectivity index (χ0) is 6.27. The van der Waals surface area contributed by atoms with E-state index in [1.165, 1.54) is 19.3 Å². The van der Waals surface area contributed by atoms with E-state index in [1.54, 1.807) is 0 Å². The maximum atomic E-state index is 5.29. The van der Waals surface area contributed by atoms with Crippen LogP contribution in [0.1, 0.15) is 19.3 Å². The van der Waals surface area contributed by atoms with Gasteiger partial charge in [0.05, 0.1) is 6.10 Å². The molecule has 2 saturated carbocycles. The topological polar surface area (TPSA) is 9.23 Å². The highest BCUT2D eigenvalue weighted by molar-refractivity contribution is 5.02. The van der Waals surface area contributed by atoms with Gasteiger partial charge in [-0.1, -0.05) is 0 Å². The molecule has 0 amide bonds. The van der Waals surface area contributed by atoms with Gasteiger partial charge < -0.3 is 4.74 Å². The van der Waals surface area contributed by atoms with Crippen molar-refractivity contribution in [2.24, 2.45) is 11.8 Å². The highest BCUT2D eigenvalue weighted by Gasteiger charge is 2.39. The van der Waals surface area contributed by atoms with Crippen molar-refractivity contribution in [3.8, 4) is 0 Å². The molecule has 51 valence electrons. The summed E-state index contributed by atoms with van der Waals surface area (Å²) in [5.41, 5.74) is 0. The van der Waals surface area contributed by atoms with Gasteiger partial charge in [0.1, 0.15) is 0 Å². The molecular weight excluding hydrogens is 112 g/mol. The molecule has 2 aliphatic rings. The fourth-order valence-corrected chi connectivity index (χ4v) is 2.22. The van der Waals surface area contributed by atoms with Crippen LogP contribution in [0.15, 0.2) is 0 Å². The van der Waals surface area contributed by atoms with Gasteiger partial charge in [0.2, 0.25) is 0 Å². The summed E-state index contributed by atoms with van der Waals surface area (Å²) >= 11 is 0. The van der Waals surface area contributed by atoms with Gasteiger partial charge in [0, 0.05) is 7.11 Å². The smallest absolute Gasteiger partial charge is 0.0634 e. The van der Waals surface area contributed by atoms with Crippen molar-refractivity contribution < 1.29 is 4.74 Å². The molecule has 1 nitrogen and oxygen atoms in total. The van der Waals surface area contributed by atoms with Crippen LogP contribution < -0.4 is 0 Å². The van der Waals surface area contributed by atoms with Gasteiger partial charge in [-0.2, -0.15) is 0 Å². The second kappa shape index (κ2) is 1.98. The van der Waals surface area contributed by atoms with E-state index < -0.39 is 0 Å². The Morgan fingerprint density at radius 2 is 2.33 bits per heavy atom. The van der Waals surface area contributed by atoms with E-state index in [9.17, 15) is 0 Å². The minimum atomic E-state index is 0.503. The summed E-state index contributed by atoms with van der Waals surface area (Å²) in [6.45, 7) is 0. The molecule has 0 spiro atoms. The maximum Gasteiger partial charge on any atom is 0.0634 e. The van der Waals surface area contributed by atoms with E-state index in [2.05, 4.69) is 6.42 Å². The number of rotatable bonds is 1. The largest absolute Gasteiger partial charge is 0.381 e. The van der Waals surface area contributed by atoms with E-state index in [0.717, 1.165) is 11.8 Å². The zero-order valence-corrected chi connectivity index (χ0v) is 5.84. The van der Waals surface area contributed by atoms with Gasteiger partial charge >= 0.3 is 0 Å². The fraction of sp³-hybridized carbons (Fsp3) is 0.875. The zero-order valence-electron chi connectivity index (χ0n) is 5.84. The first-order chi connectivity index (χ1) is 4.40. The molecule has 0 aromatic carbocycles. The van der Waals surface area contributed by atoms with Crippen LogP contribution in [0.25, 0.3) is 0 Å². The summed E-state index contributed by atoms with van der Waals surface area (Å²) in [7, 11) is 1.82. The molecule has 2 aliphatic carbocycles. The van der Waals surface area contributed by atoms with Crippen molar-refractivity contribution in [1.82, 2.24) is 0 Å². The second-order valence-corrected chi connectivity index (χ2v) is 3.23. The van der Waals surface area contributed by atoms with E-state index in [0.29, 0.717) is 6.10 Å². The van der Waals surface area contributed by atoms with Crippen molar-refractivity contribution in [1.29, 1.82) is 0 Å². The lowest BCUT2D eigenvalue weighted by molar-refractivity contribution is 0.0870. The molecule has 0 saturated heterocycles. The lowest BCUT2D eigenvalue weighted by atomic mass is 9.98. The molecule has 2 unspecified atom stereocenters. The molecular formula is C8H13O. The summed E-state index contributed by atoms with van der Waals surface area (Å²) in [6, 6.07) is 0. The first-order valence-electron chi connectivity index (χ1n) is 3.78.